The van der Waals surface area contributed by atoms with Crippen LogP contribution in [0, 0.1) is 0 Å². The highest BCUT2D eigenvalue weighted by Crippen LogP contribution is 2.43. The first-order valence-corrected chi connectivity index (χ1v) is 12.5. The van der Waals surface area contributed by atoms with Crippen molar-refractivity contribution in [3.05, 3.63) is 33.4 Å². The molecule has 0 aliphatic carbocycles. The van der Waals surface area contributed by atoms with E-state index >= 15 is 0 Å². The Labute approximate surface area is 201 Å². The first-order valence-electron chi connectivity index (χ1n) is 10.7. The number of carbonyl (C=O) groups excluding carboxylic acids is 1. The smallest absolute Gasteiger partial charge is 0.338 e. The lowest BCUT2D eigenvalue weighted by molar-refractivity contribution is -0.139. The van der Waals surface area contributed by atoms with E-state index < -0.39 is 6.04 Å². The van der Waals surface area contributed by atoms with E-state index in [0.29, 0.717) is 47.1 Å². The molecule has 0 radical (unpaired) electrons. The van der Waals surface area contributed by atoms with Crippen LogP contribution in [-0.2, 0) is 9.53 Å². The van der Waals surface area contributed by atoms with Crippen molar-refractivity contribution in [1.29, 1.82) is 0 Å². The second-order valence-corrected chi connectivity index (χ2v) is 9.20. The van der Waals surface area contributed by atoms with E-state index in [1.807, 2.05) is 32.9 Å². The summed E-state index contributed by atoms with van der Waals surface area (Å²) >= 11 is 5.13. The molecule has 1 atom stereocenters. The highest BCUT2D eigenvalue weighted by atomic mass is 79.9. The molecular formula is C22H29BrN4O4S. The lowest BCUT2D eigenvalue weighted by Gasteiger charge is -2.28. The zero-order chi connectivity index (χ0) is 23.3. The number of unbranched alkanes of at least 4 members (excludes halogenated alkanes) is 1. The Morgan fingerprint density at radius 2 is 2.09 bits per heavy atom. The molecule has 0 fully saturated rings. The number of fused-ring (bicyclic) bond motifs is 1. The Bertz CT molecular complexity index is 1010. The number of halogens is 1. The number of esters is 1. The van der Waals surface area contributed by atoms with Crippen LogP contribution in [0.15, 0.2) is 33.0 Å². The van der Waals surface area contributed by atoms with Gasteiger partial charge in [-0.3, -0.25) is 0 Å². The molecule has 0 saturated carbocycles. The average Bonchev–Trinajstić information content (AvgIpc) is 3.15. The van der Waals surface area contributed by atoms with Gasteiger partial charge in [0.05, 0.1) is 30.4 Å². The van der Waals surface area contributed by atoms with E-state index in [9.17, 15) is 4.79 Å². The van der Waals surface area contributed by atoms with Crippen LogP contribution in [0.2, 0.25) is 0 Å². The Morgan fingerprint density at radius 1 is 1.31 bits per heavy atom. The minimum absolute atomic E-state index is 0.371. The quantitative estimate of drug-likeness (QED) is 0.258. The molecule has 1 aromatic heterocycles. The number of rotatable bonds is 10. The van der Waals surface area contributed by atoms with E-state index in [0.717, 1.165) is 28.6 Å². The molecule has 32 heavy (non-hydrogen) atoms. The Kier molecular flexibility index (Phi) is 8.47. The van der Waals surface area contributed by atoms with Gasteiger partial charge in [0, 0.05) is 5.70 Å². The van der Waals surface area contributed by atoms with Gasteiger partial charge in [-0.1, -0.05) is 32.0 Å². The summed E-state index contributed by atoms with van der Waals surface area (Å²) in [5.74, 6) is 2.23. The molecule has 1 unspecified atom stereocenters. The van der Waals surface area contributed by atoms with Crippen LogP contribution in [0.3, 0.4) is 0 Å². The number of allylic oxidation sites excluding steroid dienone is 1. The predicted octanol–water partition coefficient (Wildman–Crippen LogP) is 5.19. The summed E-state index contributed by atoms with van der Waals surface area (Å²) in [6, 6.07) is 3.27. The Balaban J connectivity index is 2.14. The van der Waals surface area contributed by atoms with Crippen molar-refractivity contribution in [3.63, 3.8) is 0 Å². The molecule has 0 bridgehead atoms. The van der Waals surface area contributed by atoms with Crippen molar-refractivity contribution in [3.8, 4) is 11.5 Å². The molecule has 1 N–H and O–H groups in total. The molecule has 2 heterocycles. The topological polar surface area (TPSA) is 87.5 Å². The number of ether oxygens (including phenoxy) is 3. The second-order valence-electron chi connectivity index (χ2n) is 7.12. The maximum absolute atomic E-state index is 13.2. The van der Waals surface area contributed by atoms with Gasteiger partial charge in [-0.05, 0) is 59.6 Å². The Hall–Kier alpha value is -2.20. The van der Waals surface area contributed by atoms with Gasteiger partial charge in [0.25, 0.3) is 0 Å². The minimum atomic E-state index is -0.527. The number of hydrogen-bond acceptors (Lipinski definition) is 8. The summed E-state index contributed by atoms with van der Waals surface area (Å²) in [6.45, 7) is 8.72. The first-order chi connectivity index (χ1) is 15.4. The molecule has 8 nitrogen and oxygen atoms in total. The molecule has 0 spiro atoms. The molecule has 1 aliphatic heterocycles. The maximum Gasteiger partial charge on any atom is 0.338 e. The molecule has 1 aliphatic rings. The fraction of sp³-hybridized carbons (Fsp3) is 0.500. The van der Waals surface area contributed by atoms with E-state index in [1.165, 1.54) is 0 Å². The summed E-state index contributed by atoms with van der Waals surface area (Å²) in [5.41, 5.74) is 1.99. The number of hydrogen-bond donors (Lipinski definition) is 1. The fourth-order valence-electron chi connectivity index (χ4n) is 3.49. The number of nitrogens with zero attached hydrogens (tertiary/aromatic N) is 3. The summed E-state index contributed by atoms with van der Waals surface area (Å²) < 4.78 is 19.4. The van der Waals surface area contributed by atoms with Crippen molar-refractivity contribution < 1.29 is 19.0 Å². The number of carbonyl (C=O) groups is 1. The van der Waals surface area contributed by atoms with Crippen LogP contribution in [0.4, 0.5) is 5.95 Å². The van der Waals surface area contributed by atoms with Gasteiger partial charge >= 0.3 is 5.97 Å². The van der Waals surface area contributed by atoms with E-state index in [-0.39, 0.29) is 5.97 Å². The van der Waals surface area contributed by atoms with Gasteiger partial charge in [0.2, 0.25) is 11.1 Å². The van der Waals surface area contributed by atoms with Crippen LogP contribution < -0.4 is 14.8 Å². The second kappa shape index (κ2) is 11.1. The van der Waals surface area contributed by atoms with Gasteiger partial charge < -0.3 is 19.5 Å². The molecule has 10 heteroatoms. The summed E-state index contributed by atoms with van der Waals surface area (Å²) in [7, 11) is 1.59. The lowest BCUT2D eigenvalue weighted by atomic mass is 9.95. The standard InChI is InChI=1S/C22H29BrN4O4S/c1-6-9-10-31-20(28)17-13(4)24-21-25-22(32-8-3)26-27(21)18(17)14-11-15(23)19(29-5)16(12-14)30-7-2/h11-12,18H,6-10H2,1-5H3,(H,24,25,26). The van der Waals surface area contributed by atoms with Crippen molar-refractivity contribution in [2.24, 2.45) is 0 Å². The van der Waals surface area contributed by atoms with E-state index in [2.05, 4.69) is 38.3 Å². The third kappa shape index (κ3) is 5.06. The molecule has 0 amide bonds. The Morgan fingerprint density at radius 3 is 2.75 bits per heavy atom. The van der Waals surface area contributed by atoms with Crippen molar-refractivity contribution in [1.82, 2.24) is 14.8 Å². The van der Waals surface area contributed by atoms with Crippen LogP contribution in [0.5, 0.6) is 11.5 Å². The lowest BCUT2D eigenvalue weighted by Crippen LogP contribution is -2.30. The number of aromatic nitrogens is 3. The van der Waals surface area contributed by atoms with Gasteiger partial charge in [-0.2, -0.15) is 4.98 Å². The third-order valence-electron chi connectivity index (χ3n) is 4.91. The van der Waals surface area contributed by atoms with E-state index in [1.54, 1.807) is 23.6 Å². The first kappa shape index (κ1) is 24.4. The van der Waals surface area contributed by atoms with Gasteiger partial charge in [-0.15, -0.1) is 5.10 Å². The molecule has 0 saturated heterocycles. The summed E-state index contributed by atoms with van der Waals surface area (Å²) in [4.78, 5) is 17.8. The molecular weight excluding hydrogens is 496 g/mol. The fourth-order valence-corrected chi connectivity index (χ4v) is 4.66. The number of methoxy groups -OCH3 is 1. The maximum atomic E-state index is 13.2. The van der Waals surface area contributed by atoms with Gasteiger partial charge in [0.1, 0.15) is 6.04 Å². The third-order valence-corrected chi connectivity index (χ3v) is 6.22. The zero-order valence-electron chi connectivity index (χ0n) is 19.0. The predicted molar refractivity (Wildman–Crippen MR) is 129 cm³/mol. The SMILES string of the molecule is CCCCOC(=O)C1=C(C)Nc2nc(SCC)nn2C1c1cc(Br)c(OC)c(OCC)c1. The monoisotopic (exact) mass is 524 g/mol. The van der Waals surface area contributed by atoms with Crippen molar-refractivity contribution in [2.75, 3.05) is 31.4 Å². The number of thioether (sulfide) groups is 1. The number of anilines is 1. The van der Waals surface area contributed by atoms with Crippen LogP contribution in [0.25, 0.3) is 0 Å². The van der Waals surface area contributed by atoms with Crippen LogP contribution in [-0.4, -0.2) is 46.8 Å². The van der Waals surface area contributed by atoms with Crippen molar-refractivity contribution >= 4 is 39.6 Å². The summed E-state index contributed by atoms with van der Waals surface area (Å²) in [5, 5.41) is 8.55. The number of nitrogens with one attached hydrogen (secondary N) is 1. The molecule has 1 aromatic carbocycles. The van der Waals surface area contributed by atoms with Gasteiger partial charge in [-0.25, -0.2) is 9.48 Å². The minimum Gasteiger partial charge on any atom is -0.492 e. The molecule has 2 aromatic rings. The molecule has 174 valence electrons. The summed E-state index contributed by atoms with van der Waals surface area (Å²) in [6.07, 6.45) is 1.76. The number of benzene rings is 1. The largest absolute Gasteiger partial charge is 0.492 e. The normalized spacial score (nSPS) is 15.2. The molecule has 3 rings (SSSR count). The van der Waals surface area contributed by atoms with Crippen LogP contribution in [0.1, 0.15) is 52.1 Å². The van der Waals surface area contributed by atoms with E-state index in [4.69, 9.17) is 14.2 Å². The van der Waals surface area contributed by atoms with Crippen LogP contribution >= 0.6 is 27.7 Å². The van der Waals surface area contributed by atoms with Gasteiger partial charge in [0.15, 0.2) is 11.5 Å². The average molecular weight is 525 g/mol. The van der Waals surface area contributed by atoms with Crippen molar-refractivity contribution in [2.45, 2.75) is 51.7 Å². The zero-order valence-corrected chi connectivity index (χ0v) is 21.4. The highest BCUT2D eigenvalue weighted by Gasteiger charge is 2.36. The highest BCUT2D eigenvalue weighted by molar-refractivity contribution is 9.10.